The number of benzene rings is 1. The molecule has 5 heteroatoms. The summed E-state index contributed by atoms with van der Waals surface area (Å²) in [6.45, 7) is 3.94. The first-order chi connectivity index (χ1) is 9.22. The third-order valence-electron chi connectivity index (χ3n) is 3.30. The van der Waals surface area contributed by atoms with Crippen molar-refractivity contribution < 1.29 is 4.79 Å². The summed E-state index contributed by atoms with van der Waals surface area (Å²) in [5, 5.41) is 0. The average molecular weight is 292 g/mol. The topological polar surface area (TPSA) is 33.2 Å². The highest BCUT2D eigenvalue weighted by molar-refractivity contribution is 8.01. The molecule has 1 aromatic heterocycles. The molecule has 0 atom stereocenters. The molecule has 1 aliphatic heterocycles. The summed E-state index contributed by atoms with van der Waals surface area (Å²) in [5.41, 5.74) is 2.28. The molecule has 0 aliphatic carbocycles. The van der Waals surface area contributed by atoms with Gasteiger partial charge >= 0.3 is 0 Å². The summed E-state index contributed by atoms with van der Waals surface area (Å²) in [6, 6.07) is 6.28. The van der Waals surface area contributed by atoms with E-state index in [1.165, 1.54) is 10.3 Å². The van der Waals surface area contributed by atoms with Crippen molar-refractivity contribution in [3.05, 3.63) is 23.8 Å². The number of carbonyl (C=O) groups excluding carboxylic acids is 1. The molecule has 1 aliphatic rings. The standard InChI is InChI=1S/C14H16N2OS2/c1-10-4-5-11-12(8-10)19-14(15-11)18-9-13(17)16-6-2-3-7-16/h4-5,8H,2-3,6-7,9H2,1H3. The number of rotatable bonds is 3. The van der Waals surface area contributed by atoms with Gasteiger partial charge in [0.05, 0.1) is 16.0 Å². The maximum absolute atomic E-state index is 12.0. The molecule has 0 saturated carbocycles. The van der Waals surface area contributed by atoms with Crippen molar-refractivity contribution in [1.82, 2.24) is 9.88 Å². The quantitative estimate of drug-likeness (QED) is 0.814. The largest absolute Gasteiger partial charge is 0.342 e. The van der Waals surface area contributed by atoms with Crippen LogP contribution in [-0.2, 0) is 4.79 Å². The fourth-order valence-electron chi connectivity index (χ4n) is 2.25. The number of thioether (sulfide) groups is 1. The van der Waals surface area contributed by atoms with Crippen LogP contribution in [0.15, 0.2) is 22.5 Å². The van der Waals surface area contributed by atoms with Gasteiger partial charge in [-0.1, -0.05) is 17.8 Å². The van der Waals surface area contributed by atoms with Crippen LogP contribution in [0.1, 0.15) is 18.4 Å². The van der Waals surface area contributed by atoms with E-state index < -0.39 is 0 Å². The molecule has 1 fully saturated rings. The van der Waals surface area contributed by atoms with Gasteiger partial charge in [-0.25, -0.2) is 4.98 Å². The Hall–Kier alpha value is -1.07. The zero-order valence-corrected chi connectivity index (χ0v) is 12.5. The smallest absolute Gasteiger partial charge is 0.233 e. The average Bonchev–Trinajstić information content (AvgIpc) is 3.04. The van der Waals surface area contributed by atoms with Gasteiger partial charge in [0.1, 0.15) is 0 Å². The molecule has 0 radical (unpaired) electrons. The van der Waals surface area contributed by atoms with Crippen LogP contribution in [0.25, 0.3) is 10.2 Å². The van der Waals surface area contributed by atoms with Crippen molar-refractivity contribution in [1.29, 1.82) is 0 Å². The molecule has 0 bridgehead atoms. The van der Waals surface area contributed by atoms with Crippen molar-refractivity contribution in [2.75, 3.05) is 18.8 Å². The minimum Gasteiger partial charge on any atom is -0.342 e. The summed E-state index contributed by atoms with van der Waals surface area (Å²) in [6.07, 6.45) is 2.30. The first kappa shape index (κ1) is 12.9. The summed E-state index contributed by atoms with van der Waals surface area (Å²) in [7, 11) is 0. The van der Waals surface area contributed by atoms with Crippen LogP contribution in [0.4, 0.5) is 0 Å². The van der Waals surface area contributed by atoms with E-state index in [0.717, 1.165) is 35.8 Å². The van der Waals surface area contributed by atoms with Crippen LogP contribution in [0.5, 0.6) is 0 Å². The Morgan fingerprint density at radius 2 is 2.21 bits per heavy atom. The molecular weight excluding hydrogens is 276 g/mol. The lowest BCUT2D eigenvalue weighted by atomic mass is 10.2. The van der Waals surface area contributed by atoms with Crippen LogP contribution in [0, 0.1) is 6.92 Å². The van der Waals surface area contributed by atoms with Gasteiger partial charge in [0, 0.05) is 13.1 Å². The first-order valence-corrected chi connectivity index (χ1v) is 8.30. The monoisotopic (exact) mass is 292 g/mol. The van der Waals surface area contributed by atoms with Crippen LogP contribution in [-0.4, -0.2) is 34.6 Å². The summed E-state index contributed by atoms with van der Waals surface area (Å²) in [5.74, 6) is 0.761. The number of aromatic nitrogens is 1. The molecular formula is C14H16N2OS2. The molecule has 100 valence electrons. The number of carbonyl (C=O) groups is 1. The fraction of sp³-hybridized carbons (Fsp3) is 0.429. The number of aryl methyl sites for hydroxylation is 1. The van der Waals surface area contributed by atoms with E-state index in [9.17, 15) is 4.79 Å². The van der Waals surface area contributed by atoms with Crippen molar-refractivity contribution in [3.63, 3.8) is 0 Å². The maximum Gasteiger partial charge on any atom is 0.233 e. The highest BCUT2D eigenvalue weighted by Gasteiger charge is 2.18. The molecule has 2 aromatic rings. The highest BCUT2D eigenvalue weighted by atomic mass is 32.2. The van der Waals surface area contributed by atoms with E-state index in [1.54, 1.807) is 23.1 Å². The SMILES string of the molecule is Cc1ccc2nc(SCC(=O)N3CCCC3)sc2c1. The fourth-order valence-corrected chi connectivity index (χ4v) is 4.32. The molecule has 3 rings (SSSR count). The van der Waals surface area contributed by atoms with Gasteiger partial charge in [-0.3, -0.25) is 4.79 Å². The predicted molar refractivity (Wildman–Crippen MR) is 80.9 cm³/mol. The normalized spacial score (nSPS) is 15.3. The Balaban J connectivity index is 1.66. The lowest BCUT2D eigenvalue weighted by Crippen LogP contribution is -2.29. The second-order valence-corrected chi connectivity index (χ2v) is 7.08. The van der Waals surface area contributed by atoms with Crippen LogP contribution in [0.3, 0.4) is 0 Å². The van der Waals surface area contributed by atoms with E-state index in [1.807, 2.05) is 11.0 Å². The zero-order chi connectivity index (χ0) is 13.2. The molecule has 2 heterocycles. The van der Waals surface area contributed by atoms with E-state index in [4.69, 9.17) is 0 Å². The Morgan fingerprint density at radius 1 is 1.42 bits per heavy atom. The lowest BCUT2D eigenvalue weighted by Gasteiger charge is -2.13. The Bertz CT molecular complexity index is 603. The highest BCUT2D eigenvalue weighted by Crippen LogP contribution is 2.30. The minimum absolute atomic E-state index is 0.248. The zero-order valence-electron chi connectivity index (χ0n) is 10.9. The van der Waals surface area contributed by atoms with Crippen molar-refractivity contribution >= 4 is 39.2 Å². The van der Waals surface area contributed by atoms with E-state index in [2.05, 4.69) is 24.0 Å². The number of nitrogens with zero attached hydrogens (tertiary/aromatic N) is 2. The third kappa shape index (κ3) is 2.92. The first-order valence-electron chi connectivity index (χ1n) is 6.50. The van der Waals surface area contributed by atoms with E-state index in [0.29, 0.717) is 5.75 Å². The summed E-state index contributed by atoms with van der Waals surface area (Å²) in [4.78, 5) is 18.5. The van der Waals surface area contributed by atoms with Crippen LogP contribution in [0.2, 0.25) is 0 Å². The lowest BCUT2D eigenvalue weighted by molar-refractivity contribution is -0.127. The van der Waals surface area contributed by atoms with Crippen molar-refractivity contribution in [2.45, 2.75) is 24.1 Å². The van der Waals surface area contributed by atoms with Gasteiger partial charge in [-0.15, -0.1) is 11.3 Å². The molecule has 1 aromatic carbocycles. The molecule has 0 unspecified atom stereocenters. The maximum atomic E-state index is 12.0. The number of fused-ring (bicyclic) bond motifs is 1. The van der Waals surface area contributed by atoms with Crippen molar-refractivity contribution in [3.8, 4) is 0 Å². The number of thiazole rings is 1. The number of likely N-dealkylation sites (tertiary alicyclic amines) is 1. The van der Waals surface area contributed by atoms with Gasteiger partial charge in [0.15, 0.2) is 4.34 Å². The van der Waals surface area contributed by atoms with E-state index >= 15 is 0 Å². The Labute approximate surface area is 121 Å². The summed E-state index contributed by atoms with van der Waals surface area (Å²) < 4.78 is 2.20. The van der Waals surface area contributed by atoms with Gasteiger partial charge < -0.3 is 4.90 Å². The second-order valence-electron chi connectivity index (χ2n) is 4.83. The van der Waals surface area contributed by atoms with Crippen LogP contribution < -0.4 is 0 Å². The Kier molecular flexibility index (Phi) is 3.75. The predicted octanol–water partition coefficient (Wildman–Crippen LogP) is 3.32. The molecule has 19 heavy (non-hydrogen) atoms. The van der Waals surface area contributed by atoms with Gasteiger partial charge in [0.25, 0.3) is 0 Å². The second kappa shape index (κ2) is 5.51. The molecule has 0 spiro atoms. The minimum atomic E-state index is 0.248. The molecule has 3 nitrogen and oxygen atoms in total. The van der Waals surface area contributed by atoms with Crippen LogP contribution >= 0.6 is 23.1 Å². The number of hydrogen-bond acceptors (Lipinski definition) is 4. The summed E-state index contributed by atoms with van der Waals surface area (Å²) >= 11 is 3.24. The van der Waals surface area contributed by atoms with E-state index in [-0.39, 0.29) is 5.91 Å². The van der Waals surface area contributed by atoms with Gasteiger partial charge in [-0.05, 0) is 37.5 Å². The number of hydrogen-bond donors (Lipinski definition) is 0. The Morgan fingerprint density at radius 3 is 3.00 bits per heavy atom. The van der Waals surface area contributed by atoms with Gasteiger partial charge in [-0.2, -0.15) is 0 Å². The molecule has 1 amide bonds. The molecule has 1 saturated heterocycles. The molecule has 0 N–H and O–H groups in total. The van der Waals surface area contributed by atoms with Crippen molar-refractivity contribution in [2.24, 2.45) is 0 Å². The third-order valence-corrected chi connectivity index (χ3v) is 5.45. The van der Waals surface area contributed by atoms with Gasteiger partial charge in [0.2, 0.25) is 5.91 Å². The number of amides is 1.